The molecule has 4 N–H and O–H groups in total. The zero-order valence-electron chi connectivity index (χ0n) is 10.2. The van der Waals surface area contributed by atoms with Gasteiger partial charge in [-0.05, 0) is 17.7 Å². The van der Waals surface area contributed by atoms with Crippen molar-refractivity contribution < 1.29 is 14.7 Å². The average molecular weight is 251 g/mol. The van der Waals surface area contributed by atoms with Gasteiger partial charge in [-0.25, -0.2) is 4.79 Å². The minimum atomic E-state index is -1.04. The molecule has 6 heteroatoms. The monoisotopic (exact) mass is 251 g/mol. The highest BCUT2D eigenvalue weighted by Crippen LogP contribution is 2.05. The molecule has 18 heavy (non-hydrogen) atoms. The van der Waals surface area contributed by atoms with Crippen LogP contribution in [0.2, 0.25) is 0 Å². The highest BCUT2D eigenvalue weighted by Gasteiger charge is 2.08. The van der Waals surface area contributed by atoms with Crippen LogP contribution in [-0.2, 0) is 11.3 Å². The van der Waals surface area contributed by atoms with Crippen LogP contribution in [0.15, 0.2) is 24.3 Å². The Labute approximate surface area is 105 Å². The number of carbonyl (C=O) groups excluding carboxylic acids is 1. The lowest BCUT2D eigenvalue weighted by Crippen LogP contribution is -2.31. The van der Waals surface area contributed by atoms with Gasteiger partial charge in [0.15, 0.2) is 0 Å². The fraction of sp³-hybridized carbons (Fsp3) is 0.333. The molecule has 0 aliphatic carbocycles. The van der Waals surface area contributed by atoms with Crippen LogP contribution >= 0.6 is 0 Å². The van der Waals surface area contributed by atoms with Crippen molar-refractivity contribution in [2.24, 2.45) is 0 Å². The molecule has 0 aromatic heterocycles. The van der Waals surface area contributed by atoms with Gasteiger partial charge in [-0.1, -0.05) is 12.1 Å². The molecule has 1 rings (SSSR count). The predicted octanol–water partition coefficient (Wildman–Crippen LogP) is 0.885. The van der Waals surface area contributed by atoms with Crippen molar-refractivity contribution in [1.29, 1.82) is 0 Å². The van der Waals surface area contributed by atoms with Gasteiger partial charge < -0.3 is 21.1 Å². The number of nitrogens with one attached hydrogen (secondary N) is 1. The Hall–Kier alpha value is -2.24. The van der Waals surface area contributed by atoms with Crippen molar-refractivity contribution in [3.05, 3.63) is 29.8 Å². The molecule has 1 aromatic carbocycles. The Balaban J connectivity index is 2.31. The van der Waals surface area contributed by atoms with E-state index in [0.717, 1.165) is 10.5 Å². The molecule has 0 saturated heterocycles. The highest BCUT2D eigenvalue weighted by atomic mass is 16.4. The topological polar surface area (TPSA) is 95.7 Å². The first kappa shape index (κ1) is 13.8. The lowest BCUT2D eigenvalue weighted by atomic mass is 10.2. The normalized spacial score (nSPS) is 9.83. The summed E-state index contributed by atoms with van der Waals surface area (Å²) in [6.45, 7) is 0.568. The van der Waals surface area contributed by atoms with Crippen molar-refractivity contribution in [2.75, 3.05) is 19.3 Å². The van der Waals surface area contributed by atoms with E-state index >= 15 is 0 Å². The first-order valence-electron chi connectivity index (χ1n) is 5.54. The molecule has 0 atom stereocenters. The molecule has 0 heterocycles. The molecular weight excluding hydrogens is 234 g/mol. The summed E-state index contributed by atoms with van der Waals surface area (Å²) in [7, 11) is 1.42. The summed E-state index contributed by atoms with van der Waals surface area (Å²) >= 11 is 0. The first-order valence-corrected chi connectivity index (χ1v) is 5.54. The zero-order chi connectivity index (χ0) is 13.5. The van der Waals surface area contributed by atoms with E-state index in [-0.39, 0.29) is 18.9 Å². The fourth-order valence-electron chi connectivity index (χ4n) is 1.36. The lowest BCUT2D eigenvalue weighted by molar-refractivity contribution is -0.121. The Morgan fingerprint density at radius 2 is 2.17 bits per heavy atom. The van der Waals surface area contributed by atoms with Crippen LogP contribution in [0.1, 0.15) is 12.0 Å². The largest absolute Gasteiger partial charge is 0.465 e. The molecular formula is C12H17N3O3. The van der Waals surface area contributed by atoms with E-state index < -0.39 is 6.09 Å². The number of amides is 2. The minimum absolute atomic E-state index is 0.144. The summed E-state index contributed by atoms with van der Waals surface area (Å²) < 4.78 is 0. The summed E-state index contributed by atoms with van der Waals surface area (Å²) in [6, 6.07) is 7.23. The van der Waals surface area contributed by atoms with Gasteiger partial charge in [0.2, 0.25) is 5.91 Å². The van der Waals surface area contributed by atoms with Crippen LogP contribution in [0, 0.1) is 0 Å². The number of carbonyl (C=O) groups is 2. The van der Waals surface area contributed by atoms with Crippen LogP contribution in [0.25, 0.3) is 0 Å². The summed E-state index contributed by atoms with van der Waals surface area (Å²) in [6.07, 6.45) is -0.899. The van der Waals surface area contributed by atoms with Gasteiger partial charge in [0.05, 0.1) is 0 Å². The quantitative estimate of drug-likeness (QED) is 0.677. The molecule has 0 fully saturated rings. The second kappa shape index (κ2) is 6.48. The molecule has 0 unspecified atom stereocenters. The Kier molecular flexibility index (Phi) is 4.98. The van der Waals surface area contributed by atoms with Gasteiger partial charge in [-0.3, -0.25) is 4.79 Å². The number of nitrogens with two attached hydrogens (primary N) is 1. The van der Waals surface area contributed by atoms with Crippen molar-refractivity contribution in [3.8, 4) is 0 Å². The number of nitrogen functional groups attached to an aromatic ring is 1. The number of benzene rings is 1. The third-order valence-electron chi connectivity index (χ3n) is 2.44. The van der Waals surface area contributed by atoms with E-state index in [2.05, 4.69) is 5.32 Å². The fourth-order valence-corrected chi connectivity index (χ4v) is 1.36. The Bertz CT molecular complexity index is 434. The summed E-state index contributed by atoms with van der Waals surface area (Å²) in [5.74, 6) is -0.189. The molecule has 0 bridgehead atoms. The third-order valence-corrected chi connectivity index (χ3v) is 2.44. The van der Waals surface area contributed by atoms with Gasteiger partial charge >= 0.3 is 6.09 Å². The van der Waals surface area contributed by atoms with E-state index in [9.17, 15) is 9.59 Å². The lowest BCUT2D eigenvalue weighted by Gasteiger charge is -2.12. The number of carboxylic acid groups (broad SMARTS) is 1. The molecule has 0 aliphatic heterocycles. The number of hydrogen-bond acceptors (Lipinski definition) is 3. The summed E-state index contributed by atoms with van der Waals surface area (Å²) in [4.78, 5) is 23.0. The third kappa shape index (κ3) is 4.73. The van der Waals surface area contributed by atoms with Crippen molar-refractivity contribution in [1.82, 2.24) is 10.2 Å². The average Bonchev–Trinajstić information content (AvgIpc) is 2.33. The number of rotatable bonds is 5. The van der Waals surface area contributed by atoms with Crippen molar-refractivity contribution in [2.45, 2.75) is 13.0 Å². The van der Waals surface area contributed by atoms with Gasteiger partial charge in [0, 0.05) is 32.2 Å². The molecule has 1 aromatic rings. The molecule has 98 valence electrons. The summed E-state index contributed by atoms with van der Waals surface area (Å²) in [5.41, 5.74) is 7.17. The zero-order valence-corrected chi connectivity index (χ0v) is 10.2. The molecule has 0 spiro atoms. The second-order valence-corrected chi connectivity index (χ2v) is 3.98. The van der Waals surface area contributed by atoms with Crippen LogP contribution < -0.4 is 11.1 Å². The van der Waals surface area contributed by atoms with Crippen LogP contribution in [0.4, 0.5) is 10.5 Å². The molecule has 2 amide bonds. The van der Waals surface area contributed by atoms with E-state index in [4.69, 9.17) is 10.8 Å². The smallest absolute Gasteiger partial charge is 0.407 e. The van der Waals surface area contributed by atoms with Crippen LogP contribution in [-0.4, -0.2) is 35.6 Å². The van der Waals surface area contributed by atoms with Gasteiger partial charge in [-0.15, -0.1) is 0 Å². The van der Waals surface area contributed by atoms with Crippen LogP contribution in [0.5, 0.6) is 0 Å². The molecule has 0 aliphatic rings. The Morgan fingerprint density at radius 3 is 2.78 bits per heavy atom. The second-order valence-electron chi connectivity index (χ2n) is 3.98. The van der Waals surface area contributed by atoms with Gasteiger partial charge in [-0.2, -0.15) is 0 Å². The standard InChI is InChI=1S/C12H17N3O3/c1-15(12(17)18)6-5-11(16)14-8-9-3-2-4-10(13)7-9/h2-4,7H,5-6,8,13H2,1H3,(H,14,16)(H,17,18). The number of anilines is 1. The molecule has 0 radical (unpaired) electrons. The van der Waals surface area contributed by atoms with E-state index in [1.165, 1.54) is 7.05 Å². The maximum absolute atomic E-state index is 11.5. The van der Waals surface area contributed by atoms with E-state index in [1.54, 1.807) is 12.1 Å². The maximum atomic E-state index is 11.5. The molecule has 0 saturated carbocycles. The van der Waals surface area contributed by atoms with Crippen LogP contribution in [0.3, 0.4) is 0 Å². The van der Waals surface area contributed by atoms with E-state index in [1.807, 2.05) is 12.1 Å². The first-order chi connectivity index (χ1) is 8.49. The molecule has 6 nitrogen and oxygen atoms in total. The minimum Gasteiger partial charge on any atom is -0.465 e. The van der Waals surface area contributed by atoms with Crippen molar-refractivity contribution >= 4 is 17.7 Å². The van der Waals surface area contributed by atoms with Gasteiger partial charge in [0.1, 0.15) is 0 Å². The maximum Gasteiger partial charge on any atom is 0.407 e. The predicted molar refractivity (Wildman–Crippen MR) is 68.0 cm³/mol. The SMILES string of the molecule is CN(CCC(=O)NCc1cccc(N)c1)C(=O)O. The Morgan fingerprint density at radius 1 is 1.44 bits per heavy atom. The summed E-state index contributed by atoms with van der Waals surface area (Å²) in [5, 5.41) is 11.3. The highest BCUT2D eigenvalue weighted by molar-refractivity contribution is 5.76. The van der Waals surface area contributed by atoms with E-state index in [0.29, 0.717) is 12.2 Å². The van der Waals surface area contributed by atoms with Crippen molar-refractivity contribution in [3.63, 3.8) is 0 Å². The number of hydrogen-bond donors (Lipinski definition) is 3. The van der Waals surface area contributed by atoms with Gasteiger partial charge in [0.25, 0.3) is 0 Å². The number of nitrogens with zero attached hydrogens (tertiary/aromatic N) is 1.